The summed E-state index contributed by atoms with van der Waals surface area (Å²) in [6, 6.07) is 9.99. The summed E-state index contributed by atoms with van der Waals surface area (Å²) in [4.78, 5) is 6.95. The van der Waals surface area contributed by atoms with Crippen molar-refractivity contribution in [3.63, 3.8) is 0 Å². The standard InChI is InChI=1S/C20H34N4/c1-15(2)24-12-10-19(11-13-24)23-20(21-5)22-14-17(4)18-8-6-16(3)7-9-18/h6-9,15,17,19H,10-14H2,1-5H3,(H2,21,22,23). The van der Waals surface area contributed by atoms with Crippen LogP contribution < -0.4 is 10.6 Å². The predicted octanol–water partition coefficient (Wildman–Crippen LogP) is 3.14. The van der Waals surface area contributed by atoms with Gasteiger partial charge in [-0.25, -0.2) is 0 Å². The van der Waals surface area contributed by atoms with E-state index in [4.69, 9.17) is 0 Å². The lowest BCUT2D eigenvalue weighted by atomic mass is 10.00. The van der Waals surface area contributed by atoms with E-state index in [0.717, 1.165) is 12.5 Å². The largest absolute Gasteiger partial charge is 0.356 e. The van der Waals surface area contributed by atoms with Gasteiger partial charge in [0.05, 0.1) is 0 Å². The molecule has 1 unspecified atom stereocenters. The van der Waals surface area contributed by atoms with Crippen LogP contribution in [0.3, 0.4) is 0 Å². The van der Waals surface area contributed by atoms with Crippen LogP contribution in [0.2, 0.25) is 0 Å². The Balaban J connectivity index is 1.77. The van der Waals surface area contributed by atoms with Crippen molar-refractivity contribution >= 4 is 5.96 Å². The van der Waals surface area contributed by atoms with Gasteiger partial charge in [0.15, 0.2) is 5.96 Å². The second kappa shape index (κ2) is 9.07. The van der Waals surface area contributed by atoms with E-state index in [1.807, 2.05) is 7.05 Å². The van der Waals surface area contributed by atoms with Crippen LogP contribution in [0.1, 0.15) is 50.7 Å². The molecule has 4 heteroatoms. The van der Waals surface area contributed by atoms with E-state index in [1.165, 1.54) is 37.1 Å². The van der Waals surface area contributed by atoms with Crippen molar-refractivity contribution in [1.82, 2.24) is 15.5 Å². The minimum atomic E-state index is 0.465. The van der Waals surface area contributed by atoms with Gasteiger partial charge in [-0.05, 0) is 45.1 Å². The molecule has 0 radical (unpaired) electrons. The maximum Gasteiger partial charge on any atom is 0.191 e. The van der Waals surface area contributed by atoms with E-state index >= 15 is 0 Å². The van der Waals surface area contributed by atoms with E-state index < -0.39 is 0 Å². The van der Waals surface area contributed by atoms with Crippen molar-refractivity contribution in [2.45, 2.75) is 58.5 Å². The Morgan fingerprint density at radius 3 is 2.33 bits per heavy atom. The number of nitrogens with one attached hydrogen (secondary N) is 2. The lowest BCUT2D eigenvalue weighted by molar-refractivity contribution is 0.167. The maximum atomic E-state index is 4.40. The molecule has 2 rings (SSSR count). The molecule has 1 heterocycles. The van der Waals surface area contributed by atoms with E-state index in [1.54, 1.807) is 0 Å². The van der Waals surface area contributed by atoms with Crippen molar-refractivity contribution < 1.29 is 0 Å². The molecule has 1 aromatic rings. The van der Waals surface area contributed by atoms with Crippen molar-refractivity contribution in [2.24, 2.45) is 4.99 Å². The lowest BCUT2D eigenvalue weighted by Crippen LogP contribution is -2.50. The molecule has 0 saturated carbocycles. The molecule has 1 aliphatic rings. The molecule has 24 heavy (non-hydrogen) atoms. The minimum Gasteiger partial charge on any atom is -0.356 e. The van der Waals surface area contributed by atoms with Gasteiger partial charge in [0.1, 0.15) is 0 Å². The number of hydrogen-bond acceptors (Lipinski definition) is 2. The molecule has 2 N–H and O–H groups in total. The van der Waals surface area contributed by atoms with Gasteiger partial charge in [0.2, 0.25) is 0 Å². The molecule has 0 aromatic heterocycles. The quantitative estimate of drug-likeness (QED) is 0.643. The minimum absolute atomic E-state index is 0.465. The van der Waals surface area contributed by atoms with Gasteiger partial charge in [0.25, 0.3) is 0 Å². The fraction of sp³-hybridized carbons (Fsp3) is 0.650. The van der Waals surface area contributed by atoms with Gasteiger partial charge in [-0.1, -0.05) is 36.8 Å². The molecule has 0 amide bonds. The van der Waals surface area contributed by atoms with Crippen LogP contribution >= 0.6 is 0 Å². The smallest absolute Gasteiger partial charge is 0.191 e. The summed E-state index contributed by atoms with van der Waals surface area (Å²) in [5.41, 5.74) is 2.68. The molecule has 134 valence electrons. The van der Waals surface area contributed by atoms with Gasteiger partial charge < -0.3 is 15.5 Å². The Kier molecular flexibility index (Phi) is 7.10. The Labute approximate surface area is 147 Å². The normalized spacial score (nSPS) is 18.7. The van der Waals surface area contributed by atoms with Gasteiger partial charge >= 0.3 is 0 Å². The first-order valence-corrected chi connectivity index (χ1v) is 9.27. The summed E-state index contributed by atoms with van der Waals surface area (Å²) in [5.74, 6) is 1.39. The average Bonchev–Trinajstić information content (AvgIpc) is 2.59. The molecule has 0 aliphatic carbocycles. The summed E-state index contributed by atoms with van der Waals surface area (Å²) in [5, 5.41) is 7.08. The number of aryl methyl sites for hydroxylation is 1. The fourth-order valence-corrected chi connectivity index (χ4v) is 3.21. The maximum absolute atomic E-state index is 4.40. The Bertz CT molecular complexity index is 513. The highest BCUT2D eigenvalue weighted by atomic mass is 15.2. The van der Waals surface area contributed by atoms with Crippen LogP contribution in [0.15, 0.2) is 29.3 Å². The average molecular weight is 331 g/mol. The number of benzene rings is 1. The zero-order valence-electron chi connectivity index (χ0n) is 16.0. The third-order valence-corrected chi connectivity index (χ3v) is 5.05. The number of guanidine groups is 1. The van der Waals surface area contributed by atoms with Crippen molar-refractivity contribution in [2.75, 3.05) is 26.7 Å². The highest BCUT2D eigenvalue weighted by Gasteiger charge is 2.21. The first kappa shape index (κ1) is 18.8. The van der Waals surface area contributed by atoms with Gasteiger partial charge in [-0.3, -0.25) is 4.99 Å². The number of aliphatic imine (C=N–C) groups is 1. The molecule has 1 aliphatic heterocycles. The number of piperidine rings is 1. The van der Waals surface area contributed by atoms with Crippen molar-refractivity contribution in [1.29, 1.82) is 0 Å². The van der Waals surface area contributed by atoms with E-state index in [2.05, 4.69) is 72.5 Å². The van der Waals surface area contributed by atoms with Crippen LogP contribution in [0, 0.1) is 6.92 Å². The molecular weight excluding hydrogens is 296 g/mol. The third kappa shape index (κ3) is 5.52. The first-order chi connectivity index (χ1) is 11.5. The lowest BCUT2D eigenvalue weighted by Gasteiger charge is -2.35. The molecule has 4 nitrogen and oxygen atoms in total. The second-order valence-electron chi connectivity index (χ2n) is 7.31. The Morgan fingerprint density at radius 1 is 1.17 bits per heavy atom. The van der Waals surface area contributed by atoms with E-state index in [0.29, 0.717) is 18.0 Å². The zero-order chi connectivity index (χ0) is 17.5. The van der Waals surface area contributed by atoms with E-state index in [-0.39, 0.29) is 0 Å². The van der Waals surface area contributed by atoms with Crippen LogP contribution in [0.25, 0.3) is 0 Å². The summed E-state index contributed by atoms with van der Waals surface area (Å²) < 4.78 is 0. The number of hydrogen-bond donors (Lipinski definition) is 2. The van der Waals surface area contributed by atoms with Gasteiger partial charge in [-0.2, -0.15) is 0 Å². The first-order valence-electron chi connectivity index (χ1n) is 9.27. The van der Waals surface area contributed by atoms with Gasteiger partial charge in [0, 0.05) is 38.8 Å². The second-order valence-corrected chi connectivity index (χ2v) is 7.31. The number of rotatable bonds is 5. The number of likely N-dealkylation sites (tertiary alicyclic amines) is 1. The molecule has 1 saturated heterocycles. The molecule has 1 atom stereocenters. The molecular formula is C20H34N4. The summed E-state index contributed by atoms with van der Waals surface area (Å²) >= 11 is 0. The van der Waals surface area contributed by atoms with Crippen molar-refractivity contribution in [3.05, 3.63) is 35.4 Å². The monoisotopic (exact) mass is 330 g/mol. The predicted molar refractivity (Wildman–Crippen MR) is 104 cm³/mol. The summed E-state index contributed by atoms with van der Waals surface area (Å²) in [7, 11) is 1.86. The van der Waals surface area contributed by atoms with Gasteiger partial charge in [-0.15, -0.1) is 0 Å². The Hall–Kier alpha value is -1.55. The highest BCUT2D eigenvalue weighted by Crippen LogP contribution is 2.15. The van der Waals surface area contributed by atoms with Crippen molar-refractivity contribution in [3.8, 4) is 0 Å². The SMILES string of the molecule is CN=C(NCC(C)c1ccc(C)cc1)NC1CCN(C(C)C)CC1. The molecule has 1 fully saturated rings. The van der Waals surface area contributed by atoms with Crippen LogP contribution in [-0.4, -0.2) is 49.6 Å². The van der Waals surface area contributed by atoms with Crippen LogP contribution in [-0.2, 0) is 0 Å². The van der Waals surface area contributed by atoms with Crippen LogP contribution in [0.5, 0.6) is 0 Å². The topological polar surface area (TPSA) is 39.7 Å². The summed E-state index contributed by atoms with van der Waals surface area (Å²) in [6.45, 7) is 12.2. The number of nitrogens with zero attached hydrogens (tertiary/aromatic N) is 2. The molecule has 1 aromatic carbocycles. The molecule has 0 bridgehead atoms. The summed E-state index contributed by atoms with van der Waals surface area (Å²) in [6.07, 6.45) is 2.37. The van der Waals surface area contributed by atoms with E-state index in [9.17, 15) is 0 Å². The Morgan fingerprint density at radius 2 is 1.79 bits per heavy atom. The van der Waals surface area contributed by atoms with Crippen LogP contribution in [0.4, 0.5) is 0 Å². The third-order valence-electron chi connectivity index (χ3n) is 5.05. The zero-order valence-corrected chi connectivity index (χ0v) is 16.0. The fourth-order valence-electron chi connectivity index (χ4n) is 3.21. The molecule has 0 spiro atoms. The highest BCUT2D eigenvalue weighted by molar-refractivity contribution is 5.80.